The minimum absolute atomic E-state index is 0.296. The number of rotatable bonds is 6. The Labute approximate surface area is 114 Å². The Kier molecular flexibility index (Phi) is 4.37. The van der Waals surface area contributed by atoms with Gasteiger partial charge in [-0.25, -0.2) is 0 Å². The molecule has 1 unspecified atom stereocenters. The molecule has 0 radical (unpaired) electrons. The molecule has 1 N–H and O–H groups in total. The van der Waals surface area contributed by atoms with Gasteiger partial charge in [-0.3, -0.25) is 9.36 Å². The molecule has 104 valence electrons. The van der Waals surface area contributed by atoms with Crippen LogP contribution in [0.2, 0.25) is 0 Å². The van der Waals surface area contributed by atoms with Crippen LogP contribution in [0.15, 0.2) is 18.6 Å². The molecule has 5 nitrogen and oxygen atoms in total. The summed E-state index contributed by atoms with van der Waals surface area (Å²) in [6, 6.07) is 0.296. The third-order valence-corrected chi connectivity index (χ3v) is 3.40. The zero-order chi connectivity index (χ0) is 13.8. The average Bonchev–Trinajstić information content (AvgIpc) is 3.01. The maximum absolute atomic E-state index is 4.46. The molecule has 0 aliphatic rings. The predicted octanol–water partition coefficient (Wildman–Crippen LogP) is 2.05. The molecule has 19 heavy (non-hydrogen) atoms. The van der Waals surface area contributed by atoms with Crippen molar-refractivity contribution in [3.8, 4) is 0 Å². The van der Waals surface area contributed by atoms with Gasteiger partial charge in [0.15, 0.2) is 0 Å². The number of nitrogens with one attached hydrogen (secondary N) is 1. The lowest BCUT2D eigenvalue weighted by atomic mass is 10.1. The Hall–Kier alpha value is -1.62. The van der Waals surface area contributed by atoms with Crippen molar-refractivity contribution in [3.05, 3.63) is 35.4 Å². The maximum atomic E-state index is 4.46. The van der Waals surface area contributed by atoms with Gasteiger partial charge in [-0.05, 0) is 20.3 Å². The van der Waals surface area contributed by atoms with Gasteiger partial charge in [0.2, 0.25) is 0 Å². The van der Waals surface area contributed by atoms with E-state index >= 15 is 0 Å². The lowest BCUT2D eigenvalue weighted by Gasteiger charge is -2.11. The van der Waals surface area contributed by atoms with Crippen LogP contribution >= 0.6 is 0 Å². The van der Waals surface area contributed by atoms with Gasteiger partial charge in [0.05, 0.1) is 11.9 Å². The van der Waals surface area contributed by atoms with Crippen molar-refractivity contribution in [1.29, 1.82) is 0 Å². The van der Waals surface area contributed by atoms with Gasteiger partial charge < -0.3 is 5.32 Å². The number of aryl methyl sites for hydroxylation is 3. The van der Waals surface area contributed by atoms with E-state index in [0.29, 0.717) is 6.04 Å². The van der Waals surface area contributed by atoms with Gasteiger partial charge in [0.25, 0.3) is 0 Å². The Morgan fingerprint density at radius 1 is 1.32 bits per heavy atom. The van der Waals surface area contributed by atoms with E-state index in [-0.39, 0.29) is 0 Å². The fraction of sp³-hybridized carbons (Fsp3) is 0.571. The first-order valence-electron chi connectivity index (χ1n) is 6.91. The van der Waals surface area contributed by atoms with E-state index in [1.807, 2.05) is 22.6 Å². The minimum atomic E-state index is 0.296. The number of nitrogens with zero attached hydrogens (tertiary/aromatic N) is 4. The summed E-state index contributed by atoms with van der Waals surface area (Å²) in [6.45, 7) is 8.16. The molecule has 0 aromatic carbocycles. The number of aromatic nitrogens is 4. The van der Waals surface area contributed by atoms with Crippen molar-refractivity contribution in [2.24, 2.45) is 7.05 Å². The van der Waals surface area contributed by atoms with Gasteiger partial charge in [-0.15, -0.1) is 0 Å². The highest BCUT2D eigenvalue weighted by Gasteiger charge is 2.10. The zero-order valence-electron chi connectivity index (χ0n) is 12.2. The molecule has 2 aromatic heterocycles. The van der Waals surface area contributed by atoms with Crippen molar-refractivity contribution >= 4 is 0 Å². The summed E-state index contributed by atoms with van der Waals surface area (Å²) < 4.78 is 3.84. The van der Waals surface area contributed by atoms with Crippen molar-refractivity contribution < 1.29 is 0 Å². The summed E-state index contributed by atoms with van der Waals surface area (Å²) >= 11 is 0. The first kappa shape index (κ1) is 13.8. The first-order valence-corrected chi connectivity index (χ1v) is 6.91. The molecule has 0 saturated heterocycles. The molecular weight excluding hydrogens is 238 g/mol. The second-order valence-electron chi connectivity index (χ2n) is 4.86. The van der Waals surface area contributed by atoms with Gasteiger partial charge in [0.1, 0.15) is 0 Å². The van der Waals surface area contributed by atoms with Gasteiger partial charge in [-0.1, -0.05) is 6.92 Å². The SMILES string of the molecule is CCc1nn(C)cc1CNC(C)c1cnn(CC)c1. The first-order chi connectivity index (χ1) is 9.13. The van der Waals surface area contributed by atoms with E-state index < -0.39 is 0 Å². The smallest absolute Gasteiger partial charge is 0.0666 e. The molecule has 0 fully saturated rings. The Bertz CT molecular complexity index is 526. The lowest BCUT2D eigenvalue weighted by molar-refractivity contribution is 0.570. The number of hydrogen-bond donors (Lipinski definition) is 1. The summed E-state index contributed by atoms with van der Waals surface area (Å²) in [5.41, 5.74) is 3.68. The maximum Gasteiger partial charge on any atom is 0.0666 e. The molecular formula is C14H23N5. The molecule has 2 aromatic rings. The molecule has 5 heteroatoms. The minimum Gasteiger partial charge on any atom is -0.306 e. The van der Waals surface area contributed by atoms with Gasteiger partial charge in [-0.2, -0.15) is 10.2 Å². The van der Waals surface area contributed by atoms with Crippen molar-refractivity contribution in [2.45, 2.75) is 46.3 Å². The molecule has 2 heterocycles. The molecule has 0 saturated carbocycles. The second-order valence-corrected chi connectivity index (χ2v) is 4.86. The average molecular weight is 261 g/mol. The molecule has 1 atom stereocenters. The van der Waals surface area contributed by atoms with E-state index in [4.69, 9.17) is 0 Å². The fourth-order valence-corrected chi connectivity index (χ4v) is 2.19. The monoisotopic (exact) mass is 261 g/mol. The van der Waals surface area contributed by atoms with Crippen LogP contribution in [0.1, 0.15) is 43.6 Å². The van der Waals surface area contributed by atoms with Crippen molar-refractivity contribution in [1.82, 2.24) is 24.9 Å². The Morgan fingerprint density at radius 2 is 2.11 bits per heavy atom. The van der Waals surface area contributed by atoms with Crippen LogP contribution in [0, 0.1) is 0 Å². The van der Waals surface area contributed by atoms with Gasteiger partial charge in [0, 0.05) is 49.7 Å². The van der Waals surface area contributed by atoms with Crippen LogP contribution in [-0.4, -0.2) is 19.6 Å². The topological polar surface area (TPSA) is 47.7 Å². The second kappa shape index (κ2) is 6.02. The number of hydrogen-bond acceptors (Lipinski definition) is 3. The molecule has 0 aliphatic carbocycles. The predicted molar refractivity (Wildman–Crippen MR) is 75.7 cm³/mol. The standard InChI is InChI=1S/C14H23N5/c1-5-14-13(9-18(4)17-14)7-15-11(3)12-8-16-19(6-2)10-12/h8-11,15H,5-7H2,1-4H3. The molecule has 0 aliphatic heterocycles. The lowest BCUT2D eigenvalue weighted by Crippen LogP contribution is -2.18. The van der Waals surface area contributed by atoms with E-state index in [0.717, 1.165) is 19.5 Å². The molecule has 0 spiro atoms. The van der Waals surface area contributed by atoms with Crippen LogP contribution in [-0.2, 0) is 26.6 Å². The normalized spacial score (nSPS) is 12.8. The van der Waals surface area contributed by atoms with Crippen molar-refractivity contribution in [3.63, 3.8) is 0 Å². The highest BCUT2D eigenvalue weighted by Crippen LogP contribution is 2.13. The van der Waals surface area contributed by atoms with Crippen LogP contribution in [0.4, 0.5) is 0 Å². The van der Waals surface area contributed by atoms with Crippen LogP contribution in [0.25, 0.3) is 0 Å². The van der Waals surface area contributed by atoms with Crippen LogP contribution < -0.4 is 5.32 Å². The molecule has 0 bridgehead atoms. The molecule has 0 amide bonds. The summed E-state index contributed by atoms with van der Waals surface area (Å²) in [6.07, 6.45) is 7.10. The van der Waals surface area contributed by atoms with E-state index in [1.165, 1.54) is 16.8 Å². The largest absolute Gasteiger partial charge is 0.306 e. The Morgan fingerprint density at radius 3 is 2.74 bits per heavy atom. The highest BCUT2D eigenvalue weighted by molar-refractivity contribution is 5.17. The summed E-state index contributed by atoms with van der Waals surface area (Å²) in [7, 11) is 1.97. The Balaban J connectivity index is 1.97. The zero-order valence-corrected chi connectivity index (χ0v) is 12.2. The van der Waals surface area contributed by atoms with Gasteiger partial charge >= 0.3 is 0 Å². The summed E-state index contributed by atoms with van der Waals surface area (Å²) in [5.74, 6) is 0. The highest BCUT2D eigenvalue weighted by atomic mass is 15.3. The van der Waals surface area contributed by atoms with E-state index in [9.17, 15) is 0 Å². The third-order valence-electron chi connectivity index (χ3n) is 3.40. The quantitative estimate of drug-likeness (QED) is 0.865. The van der Waals surface area contributed by atoms with E-state index in [1.54, 1.807) is 0 Å². The van der Waals surface area contributed by atoms with Crippen molar-refractivity contribution in [2.75, 3.05) is 0 Å². The molecule has 2 rings (SSSR count). The summed E-state index contributed by atoms with van der Waals surface area (Å²) in [4.78, 5) is 0. The van der Waals surface area contributed by atoms with Crippen LogP contribution in [0.3, 0.4) is 0 Å². The fourth-order valence-electron chi connectivity index (χ4n) is 2.19. The van der Waals surface area contributed by atoms with Crippen LogP contribution in [0.5, 0.6) is 0 Å². The van der Waals surface area contributed by atoms with E-state index in [2.05, 4.69) is 48.7 Å². The third kappa shape index (κ3) is 3.23. The summed E-state index contributed by atoms with van der Waals surface area (Å²) in [5, 5.41) is 12.3.